The number of carboxylic acids is 1. The minimum atomic E-state index is -2.33. The summed E-state index contributed by atoms with van der Waals surface area (Å²) in [5, 5.41) is 9.30. The molecule has 0 spiro atoms. The van der Waals surface area contributed by atoms with Gasteiger partial charge in [0.1, 0.15) is 12.7 Å². The Morgan fingerprint density at radius 3 is 2.45 bits per heavy atom. The number of rotatable bonds is 8. The lowest BCUT2D eigenvalue weighted by molar-refractivity contribution is -0.193. The van der Waals surface area contributed by atoms with Gasteiger partial charge in [-0.25, -0.2) is 14.4 Å². The van der Waals surface area contributed by atoms with E-state index in [9.17, 15) is 19.5 Å². The fraction of sp³-hybridized carbons (Fsp3) is 0.615. The lowest BCUT2D eigenvalue weighted by Crippen LogP contribution is -2.51. The van der Waals surface area contributed by atoms with Gasteiger partial charge in [0, 0.05) is 12.0 Å². The Labute approximate surface area is 116 Å². The second-order valence-electron chi connectivity index (χ2n) is 4.61. The largest absolute Gasteiger partial charge is 0.478 e. The van der Waals surface area contributed by atoms with E-state index >= 15 is 0 Å². The predicted molar refractivity (Wildman–Crippen MR) is 66.9 cm³/mol. The summed E-state index contributed by atoms with van der Waals surface area (Å²) < 4.78 is 14.6. The summed E-state index contributed by atoms with van der Waals surface area (Å²) in [5.74, 6) is -3.60. The number of esters is 2. The van der Waals surface area contributed by atoms with Crippen LogP contribution in [0.5, 0.6) is 0 Å². The zero-order valence-electron chi connectivity index (χ0n) is 11.5. The van der Waals surface area contributed by atoms with E-state index in [1.807, 2.05) is 0 Å². The number of aliphatic carboxylic acids is 1. The molecule has 0 bridgehead atoms. The van der Waals surface area contributed by atoms with Crippen LogP contribution in [0.1, 0.15) is 26.7 Å². The number of hydrogen-bond donors (Lipinski definition) is 1. The van der Waals surface area contributed by atoms with Gasteiger partial charge in [-0.2, -0.15) is 0 Å². The van der Waals surface area contributed by atoms with Gasteiger partial charge in [0.15, 0.2) is 0 Å². The predicted octanol–water partition coefficient (Wildman–Crippen LogP) is 0.671. The molecular formula is C13H18O7. The fourth-order valence-electron chi connectivity index (χ4n) is 1.48. The minimum Gasteiger partial charge on any atom is -0.478 e. The second-order valence-corrected chi connectivity index (χ2v) is 4.61. The molecule has 1 aliphatic heterocycles. The quantitative estimate of drug-likeness (QED) is 0.303. The summed E-state index contributed by atoms with van der Waals surface area (Å²) in [4.78, 5) is 35.0. The molecule has 0 aromatic heterocycles. The van der Waals surface area contributed by atoms with Crippen LogP contribution in [0.25, 0.3) is 0 Å². The Bertz CT molecular complexity index is 424. The van der Waals surface area contributed by atoms with Crippen molar-refractivity contribution in [3.63, 3.8) is 0 Å². The maximum absolute atomic E-state index is 12.0. The lowest BCUT2D eigenvalue weighted by atomic mass is 9.97. The number of carbonyl (C=O) groups is 3. The van der Waals surface area contributed by atoms with Crippen molar-refractivity contribution >= 4 is 17.9 Å². The second kappa shape index (κ2) is 6.51. The molecule has 0 aromatic rings. The Kier molecular flexibility index (Phi) is 5.26. The summed E-state index contributed by atoms with van der Waals surface area (Å²) in [6, 6.07) is 0. The fourth-order valence-corrected chi connectivity index (χ4v) is 1.48. The smallest absolute Gasteiger partial charge is 0.362 e. The van der Waals surface area contributed by atoms with E-state index in [4.69, 9.17) is 14.2 Å². The molecule has 7 heteroatoms. The van der Waals surface area contributed by atoms with Gasteiger partial charge in [0.25, 0.3) is 0 Å². The van der Waals surface area contributed by atoms with Crippen LogP contribution in [0.3, 0.4) is 0 Å². The highest BCUT2D eigenvalue weighted by Crippen LogP contribution is 2.23. The van der Waals surface area contributed by atoms with E-state index in [2.05, 4.69) is 6.58 Å². The summed E-state index contributed by atoms with van der Waals surface area (Å²) in [6.07, 6.45) is -0.0554. The zero-order valence-corrected chi connectivity index (χ0v) is 11.5. The van der Waals surface area contributed by atoms with Gasteiger partial charge in [0.05, 0.1) is 6.61 Å². The molecule has 0 radical (unpaired) electrons. The molecule has 1 fully saturated rings. The van der Waals surface area contributed by atoms with Crippen LogP contribution >= 0.6 is 0 Å². The first-order chi connectivity index (χ1) is 9.33. The molecule has 1 rings (SSSR count). The number of carbonyl (C=O) groups excluding carboxylic acids is 2. The van der Waals surface area contributed by atoms with E-state index in [0.717, 1.165) is 0 Å². The van der Waals surface area contributed by atoms with Gasteiger partial charge in [-0.1, -0.05) is 19.9 Å². The summed E-state index contributed by atoms with van der Waals surface area (Å²) >= 11 is 0. The first kappa shape index (κ1) is 16.2. The number of ether oxygens (including phenoxy) is 3. The van der Waals surface area contributed by atoms with Crippen LogP contribution in [-0.4, -0.2) is 47.9 Å². The van der Waals surface area contributed by atoms with Gasteiger partial charge in [-0.15, -0.1) is 0 Å². The maximum atomic E-state index is 12.0. The van der Waals surface area contributed by atoms with Crippen LogP contribution in [0, 0.1) is 0 Å². The summed E-state index contributed by atoms with van der Waals surface area (Å²) in [5.41, 5.74) is -2.33. The highest BCUT2D eigenvalue weighted by atomic mass is 16.6. The van der Waals surface area contributed by atoms with Gasteiger partial charge < -0.3 is 19.3 Å². The normalized spacial score (nSPS) is 19.6. The van der Waals surface area contributed by atoms with Crippen LogP contribution in [-0.2, 0) is 28.6 Å². The van der Waals surface area contributed by atoms with Gasteiger partial charge >= 0.3 is 23.5 Å². The molecule has 112 valence electrons. The first-order valence-electron chi connectivity index (χ1n) is 6.24. The van der Waals surface area contributed by atoms with E-state index in [1.54, 1.807) is 6.92 Å². The van der Waals surface area contributed by atoms with Crippen LogP contribution in [0.2, 0.25) is 0 Å². The Morgan fingerprint density at radius 1 is 1.45 bits per heavy atom. The summed E-state index contributed by atoms with van der Waals surface area (Å²) in [7, 11) is 0. The highest BCUT2D eigenvalue weighted by Gasteiger charge is 2.51. The molecule has 2 unspecified atom stereocenters. The Balaban J connectivity index is 2.89. The van der Waals surface area contributed by atoms with Crippen molar-refractivity contribution in [1.29, 1.82) is 0 Å². The first-order valence-corrected chi connectivity index (χ1v) is 6.24. The molecule has 0 aliphatic carbocycles. The monoisotopic (exact) mass is 286 g/mol. The minimum absolute atomic E-state index is 0.00468. The third-order valence-corrected chi connectivity index (χ3v) is 2.70. The van der Waals surface area contributed by atoms with Crippen molar-refractivity contribution in [2.75, 3.05) is 13.2 Å². The SMILES string of the molecule is C=C(C)C(=O)OC(CCC)(C(=O)O)C(=O)OCC1CO1. The molecule has 0 amide bonds. The molecule has 1 heterocycles. The molecule has 1 aliphatic rings. The molecule has 0 saturated carbocycles. The van der Waals surface area contributed by atoms with Crippen molar-refractivity contribution < 1.29 is 33.7 Å². The average molecular weight is 286 g/mol. The van der Waals surface area contributed by atoms with Crippen LogP contribution < -0.4 is 0 Å². The van der Waals surface area contributed by atoms with Gasteiger partial charge in [-0.3, -0.25) is 0 Å². The molecule has 2 atom stereocenters. The molecule has 20 heavy (non-hydrogen) atoms. The molecule has 7 nitrogen and oxygen atoms in total. The molecule has 1 saturated heterocycles. The van der Waals surface area contributed by atoms with E-state index in [1.165, 1.54) is 6.92 Å². The highest BCUT2D eigenvalue weighted by molar-refractivity contribution is 6.05. The van der Waals surface area contributed by atoms with Crippen LogP contribution in [0.4, 0.5) is 0 Å². The third kappa shape index (κ3) is 3.80. The van der Waals surface area contributed by atoms with Crippen molar-refractivity contribution in [2.24, 2.45) is 0 Å². The molecule has 0 aromatic carbocycles. The van der Waals surface area contributed by atoms with Gasteiger partial charge in [0.2, 0.25) is 0 Å². The summed E-state index contributed by atoms with van der Waals surface area (Å²) in [6.45, 7) is 6.81. The zero-order chi connectivity index (χ0) is 15.3. The van der Waals surface area contributed by atoms with Gasteiger partial charge in [-0.05, 0) is 6.92 Å². The third-order valence-electron chi connectivity index (χ3n) is 2.70. The lowest BCUT2D eigenvalue weighted by Gasteiger charge is -2.26. The average Bonchev–Trinajstić information content (AvgIpc) is 3.18. The topological polar surface area (TPSA) is 102 Å². The number of carboxylic acid groups (broad SMARTS) is 1. The Morgan fingerprint density at radius 2 is 2.05 bits per heavy atom. The van der Waals surface area contributed by atoms with Crippen molar-refractivity contribution in [3.05, 3.63) is 12.2 Å². The molecular weight excluding hydrogens is 268 g/mol. The van der Waals surface area contributed by atoms with Crippen molar-refractivity contribution in [2.45, 2.75) is 38.4 Å². The number of hydrogen-bond acceptors (Lipinski definition) is 6. The Hall–Kier alpha value is -1.89. The maximum Gasteiger partial charge on any atom is 0.362 e. The number of epoxide rings is 1. The molecule has 1 N–H and O–H groups in total. The van der Waals surface area contributed by atoms with Crippen molar-refractivity contribution in [1.82, 2.24) is 0 Å². The van der Waals surface area contributed by atoms with E-state index < -0.39 is 23.5 Å². The van der Waals surface area contributed by atoms with E-state index in [-0.39, 0.29) is 24.7 Å². The van der Waals surface area contributed by atoms with Crippen LogP contribution in [0.15, 0.2) is 12.2 Å². The van der Waals surface area contributed by atoms with Crippen molar-refractivity contribution in [3.8, 4) is 0 Å². The standard InChI is InChI=1S/C13H18O7/c1-4-5-13(11(15)16,20-10(14)8(2)3)12(17)19-7-9-6-18-9/h9H,2,4-7H2,1,3H3,(H,15,16). The van der Waals surface area contributed by atoms with E-state index in [0.29, 0.717) is 13.0 Å².